The van der Waals surface area contributed by atoms with Gasteiger partial charge in [0.15, 0.2) is 0 Å². The van der Waals surface area contributed by atoms with E-state index < -0.39 is 5.60 Å². The SMILES string of the molecule is CCOCCCC[C@@](O)(c1ccccc1)C1CCCNC1. The van der Waals surface area contributed by atoms with Gasteiger partial charge in [-0.2, -0.15) is 0 Å². The van der Waals surface area contributed by atoms with E-state index >= 15 is 0 Å². The van der Waals surface area contributed by atoms with Crippen molar-refractivity contribution in [3.8, 4) is 0 Å². The van der Waals surface area contributed by atoms with E-state index in [4.69, 9.17) is 4.74 Å². The molecule has 1 aliphatic rings. The highest BCUT2D eigenvalue weighted by molar-refractivity contribution is 5.23. The maximum absolute atomic E-state index is 11.4. The second kappa shape index (κ2) is 8.52. The van der Waals surface area contributed by atoms with Crippen LogP contribution in [0.2, 0.25) is 0 Å². The largest absolute Gasteiger partial charge is 0.385 e. The fraction of sp³-hybridized carbons (Fsp3) is 0.667. The van der Waals surface area contributed by atoms with Gasteiger partial charge >= 0.3 is 0 Å². The fourth-order valence-corrected chi connectivity index (χ4v) is 3.31. The molecule has 3 nitrogen and oxygen atoms in total. The highest BCUT2D eigenvalue weighted by Gasteiger charge is 2.38. The summed E-state index contributed by atoms with van der Waals surface area (Å²) >= 11 is 0. The fourth-order valence-electron chi connectivity index (χ4n) is 3.31. The molecule has 1 fully saturated rings. The molecule has 0 saturated carbocycles. The molecule has 0 bridgehead atoms. The summed E-state index contributed by atoms with van der Waals surface area (Å²) in [4.78, 5) is 0. The molecule has 1 aromatic rings. The first-order valence-electron chi connectivity index (χ1n) is 8.33. The van der Waals surface area contributed by atoms with Crippen LogP contribution in [0.25, 0.3) is 0 Å². The summed E-state index contributed by atoms with van der Waals surface area (Å²) in [7, 11) is 0. The van der Waals surface area contributed by atoms with Crippen LogP contribution in [0.3, 0.4) is 0 Å². The van der Waals surface area contributed by atoms with Gasteiger partial charge in [0.25, 0.3) is 0 Å². The molecular formula is C18H29NO2. The Morgan fingerprint density at radius 3 is 2.76 bits per heavy atom. The number of piperidine rings is 1. The topological polar surface area (TPSA) is 41.5 Å². The smallest absolute Gasteiger partial charge is 0.0936 e. The molecule has 0 radical (unpaired) electrons. The van der Waals surface area contributed by atoms with Gasteiger partial charge in [0.2, 0.25) is 0 Å². The monoisotopic (exact) mass is 291 g/mol. The third-order valence-electron chi connectivity index (χ3n) is 4.55. The van der Waals surface area contributed by atoms with Gasteiger partial charge in [-0.1, -0.05) is 30.3 Å². The number of aliphatic hydroxyl groups is 1. The molecule has 0 amide bonds. The minimum absolute atomic E-state index is 0.306. The Balaban J connectivity index is 2.02. The molecule has 0 aromatic heterocycles. The number of ether oxygens (including phenoxy) is 1. The third-order valence-corrected chi connectivity index (χ3v) is 4.55. The van der Waals surface area contributed by atoms with Gasteiger partial charge in [-0.25, -0.2) is 0 Å². The molecule has 1 unspecified atom stereocenters. The van der Waals surface area contributed by atoms with E-state index in [1.165, 1.54) is 0 Å². The molecule has 118 valence electrons. The number of unbranched alkanes of at least 4 members (excludes halogenated alkanes) is 1. The quantitative estimate of drug-likeness (QED) is 0.723. The first-order valence-corrected chi connectivity index (χ1v) is 8.33. The predicted molar refractivity (Wildman–Crippen MR) is 86.3 cm³/mol. The van der Waals surface area contributed by atoms with Crippen LogP contribution in [0.15, 0.2) is 30.3 Å². The summed E-state index contributed by atoms with van der Waals surface area (Å²) in [5, 5.41) is 14.8. The predicted octanol–water partition coefficient (Wildman–Crippen LogP) is 3.08. The van der Waals surface area contributed by atoms with E-state index in [2.05, 4.69) is 17.4 Å². The van der Waals surface area contributed by atoms with Crippen LogP contribution in [0.4, 0.5) is 0 Å². The molecule has 1 heterocycles. The van der Waals surface area contributed by atoms with Gasteiger partial charge in [-0.05, 0) is 51.1 Å². The van der Waals surface area contributed by atoms with Crippen molar-refractivity contribution in [3.05, 3.63) is 35.9 Å². The van der Waals surface area contributed by atoms with Crippen molar-refractivity contribution < 1.29 is 9.84 Å². The van der Waals surface area contributed by atoms with Crippen molar-refractivity contribution in [2.24, 2.45) is 5.92 Å². The number of rotatable bonds is 8. The molecule has 0 spiro atoms. The van der Waals surface area contributed by atoms with E-state index in [1.807, 2.05) is 25.1 Å². The van der Waals surface area contributed by atoms with Crippen LogP contribution in [-0.4, -0.2) is 31.4 Å². The lowest BCUT2D eigenvalue weighted by atomic mass is 9.74. The van der Waals surface area contributed by atoms with Crippen LogP contribution < -0.4 is 5.32 Å². The molecule has 1 aromatic carbocycles. The van der Waals surface area contributed by atoms with Crippen LogP contribution in [0.5, 0.6) is 0 Å². The first kappa shape index (κ1) is 16.5. The van der Waals surface area contributed by atoms with Crippen molar-refractivity contribution >= 4 is 0 Å². The maximum Gasteiger partial charge on any atom is 0.0936 e. The van der Waals surface area contributed by atoms with E-state index in [1.54, 1.807) is 0 Å². The highest BCUT2D eigenvalue weighted by atomic mass is 16.5. The second-order valence-corrected chi connectivity index (χ2v) is 5.99. The minimum Gasteiger partial charge on any atom is -0.385 e. The summed E-state index contributed by atoms with van der Waals surface area (Å²) in [5.74, 6) is 0.306. The number of hydrogen-bond donors (Lipinski definition) is 2. The van der Waals surface area contributed by atoms with Crippen molar-refractivity contribution in [1.82, 2.24) is 5.32 Å². The molecule has 2 N–H and O–H groups in total. The minimum atomic E-state index is -0.707. The Bertz CT molecular complexity index is 389. The molecule has 3 heteroatoms. The second-order valence-electron chi connectivity index (χ2n) is 5.99. The molecule has 1 saturated heterocycles. The van der Waals surface area contributed by atoms with Crippen molar-refractivity contribution in [2.75, 3.05) is 26.3 Å². The van der Waals surface area contributed by atoms with Gasteiger partial charge in [-0.3, -0.25) is 0 Å². The first-order chi connectivity index (χ1) is 10.3. The number of hydrogen-bond acceptors (Lipinski definition) is 3. The zero-order chi connectivity index (χ0) is 15.0. The average molecular weight is 291 g/mol. The van der Waals surface area contributed by atoms with Gasteiger partial charge < -0.3 is 15.2 Å². The Morgan fingerprint density at radius 1 is 1.29 bits per heavy atom. The maximum atomic E-state index is 11.4. The summed E-state index contributed by atoms with van der Waals surface area (Å²) in [6.45, 7) is 5.58. The molecule has 2 rings (SSSR count). The van der Waals surface area contributed by atoms with E-state index in [0.29, 0.717) is 5.92 Å². The van der Waals surface area contributed by atoms with Gasteiger partial charge in [0.05, 0.1) is 5.60 Å². The lowest BCUT2D eigenvalue weighted by molar-refractivity contribution is -0.0436. The van der Waals surface area contributed by atoms with Gasteiger partial charge in [0, 0.05) is 25.7 Å². The van der Waals surface area contributed by atoms with E-state index in [9.17, 15) is 5.11 Å². The molecule has 0 aliphatic carbocycles. The van der Waals surface area contributed by atoms with E-state index in [-0.39, 0.29) is 0 Å². The molecule has 21 heavy (non-hydrogen) atoms. The molecular weight excluding hydrogens is 262 g/mol. The third kappa shape index (κ3) is 4.53. The Hall–Kier alpha value is -0.900. The zero-order valence-corrected chi connectivity index (χ0v) is 13.2. The lowest BCUT2D eigenvalue weighted by Gasteiger charge is -2.39. The molecule has 1 aliphatic heterocycles. The van der Waals surface area contributed by atoms with Crippen molar-refractivity contribution in [2.45, 2.75) is 44.6 Å². The number of nitrogens with one attached hydrogen (secondary N) is 1. The summed E-state index contributed by atoms with van der Waals surface area (Å²) in [5.41, 5.74) is 0.357. The standard InChI is InChI=1S/C18H29NO2/c1-2-21-14-7-6-12-18(20,16-9-4-3-5-10-16)17-11-8-13-19-15-17/h3-5,9-10,17,19-20H,2,6-8,11-15H2,1H3/t17?,18-/m1/s1. The summed E-state index contributed by atoms with van der Waals surface area (Å²) < 4.78 is 5.41. The average Bonchev–Trinajstić information content (AvgIpc) is 2.56. The Kier molecular flexibility index (Phi) is 6.68. The molecule has 2 atom stereocenters. The normalized spacial score (nSPS) is 21.9. The van der Waals surface area contributed by atoms with Crippen LogP contribution in [0, 0.1) is 5.92 Å². The van der Waals surface area contributed by atoms with Crippen LogP contribution in [-0.2, 0) is 10.3 Å². The summed E-state index contributed by atoms with van der Waals surface area (Å²) in [6, 6.07) is 10.2. The van der Waals surface area contributed by atoms with Gasteiger partial charge in [0.1, 0.15) is 0 Å². The Labute approximate surface area is 128 Å². The number of benzene rings is 1. The van der Waals surface area contributed by atoms with Crippen molar-refractivity contribution in [3.63, 3.8) is 0 Å². The lowest BCUT2D eigenvalue weighted by Crippen LogP contribution is -2.44. The Morgan fingerprint density at radius 2 is 2.10 bits per heavy atom. The van der Waals surface area contributed by atoms with Crippen LogP contribution in [0.1, 0.15) is 44.6 Å². The van der Waals surface area contributed by atoms with Crippen molar-refractivity contribution in [1.29, 1.82) is 0 Å². The van der Waals surface area contributed by atoms with E-state index in [0.717, 1.165) is 64.0 Å². The zero-order valence-electron chi connectivity index (χ0n) is 13.2. The highest BCUT2D eigenvalue weighted by Crippen LogP contribution is 2.38. The van der Waals surface area contributed by atoms with Crippen LogP contribution >= 0.6 is 0 Å². The van der Waals surface area contributed by atoms with Gasteiger partial charge in [-0.15, -0.1) is 0 Å². The summed E-state index contributed by atoms with van der Waals surface area (Å²) in [6.07, 6.45) is 5.09.